The first-order valence-electron chi connectivity index (χ1n) is 7.89. The van der Waals surface area contributed by atoms with Gasteiger partial charge in [0, 0.05) is 29.8 Å². The topological polar surface area (TPSA) is 77.1 Å². The molecule has 0 saturated carbocycles. The van der Waals surface area contributed by atoms with Crippen LogP contribution in [0.15, 0.2) is 29.0 Å². The van der Waals surface area contributed by atoms with Crippen LogP contribution < -0.4 is 5.32 Å². The smallest absolute Gasteiger partial charge is 0.225 e. The molecule has 3 aromatic rings. The summed E-state index contributed by atoms with van der Waals surface area (Å²) in [5.41, 5.74) is 1.71. The summed E-state index contributed by atoms with van der Waals surface area (Å²) in [5, 5.41) is 11.2. The Morgan fingerprint density at radius 3 is 3.12 bits per heavy atom. The normalized spacial score (nSPS) is 17.0. The van der Waals surface area contributed by atoms with Crippen molar-refractivity contribution in [2.75, 3.05) is 0 Å². The van der Waals surface area contributed by atoms with Crippen LogP contribution >= 0.6 is 15.9 Å². The van der Waals surface area contributed by atoms with Gasteiger partial charge in [0.25, 0.3) is 0 Å². The first-order chi connectivity index (χ1) is 11.6. The average Bonchev–Trinajstić information content (AvgIpc) is 3.15. The van der Waals surface area contributed by atoms with Gasteiger partial charge >= 0.3 is 0 Å². The lowest BCUT2D eigenvalue weighted by Crippen LogP contribution is -2.36. The van der Waals surface area contributed by atoms with E-state index in [4.69, 9.17) is 0 Å². The van der Waals surface area contributed by atoms with Crippen LogP contribution in [0.1, 0.15) is 23.8 Å². The van der Waals surface area contributed by atoms with Crippen molar-refractivity contribution in [2.24, 2.45) is 5.92 Å². The highest BCUT2D eigenvalue weighted by atomic mass is 79.9. The van der Waals surface area contributed by atoms with E-state index in [1.807, 2.05) is 40.4 Å². The van der Waals surface area contributed by atoms with E-state index in [0.717, 1.165) is 40.3 Å². The molecule has 0 radical (unpaired) electrons. The number of carbonyl (C=O) groups excluding carboxylic acids is 1. The molecule has 1 aliphatic heterocycles. The number of amides is 1. The minimum Gasteiger partial charge on any atom is -0.350 e. The molecule has 124 valence electrons. The van der Waals surface area contributed by atoms with Crippen molar-refractivity contribution < 1.29 is 4.79 Å². The summed E-state index contributed by atoms with van der Waals surface area (Å²) in [5.74, 6) is 1.86. The number of rotatable bonds is 3. The molecule has 7 nitrogen and oxygen atoms in total. The van der Waals surface area contributed by atoms with Crippen molar-refractivity contribution in [3.8, 4) is 0 Å². The zero-order valence-electron chi connectivity index (χ0n) is 13.2. The Labute approximate surface area is 147 Å². The summed E-state index contributed by atoms with van der Waals surface area (Å²) in [6.07, 6.45) is 5.48. The Morgan fingerprint density at radius 1 is 1.38 bits per heavy atom. The van der Waals surface area contributed by atoms with E-state index in [1.54, 1.807) is 0 Å². The fourth-order valence-electron chi connectivity index (χ4n) is 3.10. The van der Waals surface area contributed by atoms with Gasteiger partial charge in [-0.1, -0.05) is 0 Å². The summed E-state index contributed by atoms with van der Waals surface area (Å²) in [6.45, 7) is 3.01. The van der Waals surface area contributed by atoms with E-state index in [0.29, 0.717) is 13.1 Å². The highest BCUT2D eigenvalue weighted by Gasteiger charge is 2.26. The molecule has 1 aliphatic rings. The molecule has 0 aliphatic carbocycles. The first-order valence-corrected chi connectivity index (χ1v) is 8.69. The number of pyridine rings is 1. The molecule has 1 amide bonds. The van der Waals surface area contributed by atoms with Gasteiger partial charge in [-0.3, -0.25) is 4.79 Å². The van der Waals surface area contributed by atoms with E-state index in [2.05, 4.69) is 36.4 Å². The molecule has 0 saturated heterocycles. The first kappa shape index (κ1) is 15.3. The molecule has 8 heteroatoms. The van der Waals surface area contributed by atoms with E-state index in [-0.39, 0.29) is 11.8 Å². The zero-order chi connectivity index (χ0) is 16.7. The molecule has 1 unspecified atom stereocenters. The number of fused-ring (bicyclic) bond motifs is 2. The van der Waals surface area contributed by atoms with Gasteiger partial charge in [0.1, 0.15) is 17.3 Å². The van der Waals surface area contributed by atoms with Gasteiger partial charge in [0.2, 0.25) is 5.91 Å². The lowest BCUT2D eigenvalue weighted by molar-refractivity contribution is -0.126. The van der Waals surface area contributed by atoms with Gasteiger partial charge < -0.3 is 14.3 Å². The van der Waals surface area contributed by atoms with E-state index < -0.39 is 0 Å². The summed E-state index contributed by atoms with van der Waals surface area (Å²) < 4.78 is 4.97. The maximum Gasteiger partial charge on any atom is 0.225 e. The van der Waals surface area contributed by atoms with Crippen molar-refractivity contribution >= 4 is 27.5 Å². The number of aryl methyl sites for hydroxylation is 2. The SMILES string of the molecule is Cc1nnc2n1CC(C(=O)NCc1cn3cc(Br)ccc3n1)CC2. The number of imidazole rings is 1. The molecular formula is C16H17BrN6O. The Morgan fingerprint density at radius 2 is 2.25 bits per heavy atom. The molecule has 1 N–H and O–H groups in total. The van der Waals surface area contributed by atoms with Crippen LogP contribution in [0.2, 0.25) is 0 Å². The van der Waals surface area contributed by atoms with Crippen LogP contribution in [-0.2, 0) is 24.3 Å². The molecule has 0 spiro atoms. The average molecular weight is 389 g/mol. The number of halogens is 1. The number of hydrogen-bond acceptors (Lipinski definition) is 4. The monoisotopic (exact) mass is 388 g/mol. The summed E-state index contributed by atoms with van der Waals surface area (Å²) in [4.78, 5) is 17.0. The minimum absolute atomic E-state index is 0.0432. The third-order valence-electron chi connectivity index (χ3n) is 4.41. The van der Waals surface area contributed by atoms with Gasteiger partial charge in [0.15, 0.2) is 0 Å². The molecule has 1 atom stereocenters. The number of aromatic nitrogens is 5. The fraction of sp³-hybridized carbons (Fsp3) is 0.375. The third-order valence-corrected chi connectivity index (χ3v) is 4.88. The Kier molecular flexibility index (Phi) is 3.84. The fourth-order valence-corrected chi connectivity index (χ4v) is 3.45. The van der Waals surface area contributed by atoms with Crippen molar-refractivity contribution in [2.45, 2.75) is 32.9 Å². The van der Waals surface area contributed by atoms with Gasteiger partial charge in [-0.2, -0.15) is 0 Å². The van der Waals surface area contributed by atoms with Crippen LogP contribution in [0.4, 0.5) is 0 Å². The molecule has 24 heavy (non-hydrogen) atoms. The number of hydrogen-bond donors (Lipinski definition) is 1. The van der Waals surface area contributed by atoms with Crippen molar-refractivity contribution in [1.29, 1.82) is 0 Å². The molecule has 4 rings (SSSR count). The van der Waals surface area contributed by atoms with Crippen LogP contribution in [0, 0.1) is 12.8 Å². The number of carbonyl (C=O) groups is 1. The zero-order valence-corrected chi connectivity index (χ0v) is 14.8. The van der Waals surface area contributed by atoms with Gasteiger partial charge in [-0.15, -0.1) is 10.2 Å². The van der Waals surface area contributed by atoms with Gasteiger partial charge in [0.05, 0.1) is 18.2 Å². The van der Waals surface area contributed by atoms with Crippen LogP contribution in [0.3, 0.4) is 0 Å². The standard InChI is InChI=1S/C16H17BrN6O/c1-10-20-21-15-4-2-11(7-23(10)15)16(24)18-6-13-9-22-8-12(17)3-5-14(22)19-13/h3,5,8-9,11H,2,4,6-7H2,1H3,(H,18,24). The van der Waals surface area contributed by atoms with E-state index in [9.17, 15) is 4.79 Å². The maximum atomic E-state index is 12.5. The third kappa shape index (κ3) is 2.82. The Balaban J connectivity index is 1.42. The predicted molar refractivity (Wildman–Crippen MR) is 91.3 cm³/mol. The second-order valence-electron chi connectivity index (χ2n) is 6.07. The molecule has 4 heterocycles. The summed E-state index contributed by atoms with van der Waals surface area (Å²) in [7, 11) is 0. The van der Waals surface area contributed by atoms with Crippen molar-refractivity contribution in [3.05, 3.63) is 46.3 Å². The number of nitrogens with zero attached hydrogens (tertiary/aromatic N) is 5. The van der Waals surface area contributed by atoms with E-state index >= 15 is 0 Å². The second-order valence-corrected chi connectivity index (χ2v) is 6.99. The second kappa shape index (κ2) is 6.01. The molecule has 3 aromatic heterocycles. The van der Waals surface area contributed by atoms with Gasteiger partial charge in [-0.05, 0) is 41.4 Å². The predicted octanol–water partition coefficient (Wildman–Crippen LogP) is 1.88. The summed E-state index contributed by atoms with van der Waals surface area (Å²) in [6, 6.07) is 3.89. The molecule has 0 bridgehead atoms. The summed E-state index contributed by atoms with van der Waals surface area (Å²) >= 11 is 3.44. The minimum atomic E-state index is -0.0432. The lowest BCUT2D eigenvalue weighted by Gasteiger charge is -2.23. The van der Waals surface area contributed by atoms with Gasteiger partial charge in [-0.25, -0.2) is 4.98 Å². The van der Waals surface area contributed by atoms with E-state index in [1.165, 1.54) is 0 Å². The molecular weight excluding hydrogens is 372 g/mol. The van der Waals surface area contributed by atoms with Crippen molar-refractivity contribution in [3.63, 3.8) is 0 Å². The largest absolute Gasteiger partial charge is 0.350 e. The van der Waals surface area contributed by atoms with Crippen LogP contribution in [0.5, 0.6) is 0 Å². The van der Waals surface area contributed by atoms with Crippen LogP contribution in [0.25, 0.3) is 5.65 Å². The Bertz CT molecular complexity index is 915. The molecule has 0 fully saturated rings. The van der Waals surface area contributed by atoms with Crippen molar-refractivity contribution in [1.82, 2.24) is 29.5 Å². The highest BCUT2D eigenvalue weighted by Crippen LogP contribution is 2.20. The molecule has 0 aromatic carbocycles. The van der Waals surface area contributed by atoms with Crippen LogP contribution in [-0.4, -0.2) is 30.1 Å². The maximum absolute atomic E-state index is 12.5. The number of nitrogens with one attached hydrogen (secondary N) is 1. The lowest BCUT2D eigenvalue weighted by atomic mass is 9.98. The Hall–Kier alpha value is -2.22. The quantitative estimate of drug-likeness (QED) is 0.742. The highest BCUT2D eigenvalue weighted by molar-refractivity contribution is 9.10.